The van der Waals surface area contributed by atoms with E-state index in [0.29, 0.717) is 5.82 Å². The van der Waals surface area contributed by atoms with E-state index in [9.17, 15) is 8.78 Å². The van der Waals surface area contributed by atoms with Crippen LogP contribution >= 0.6 is 0 Å². The second-order valence-corrected chi connectivity index (χ2v) is 2.12. The fraction of sp³-hybridized carbons (Fsp3) is 0.700. The number of imidazole rings is 1. The molecule has 0 unspecified atom stereocenters. The molecule has 0 N–H and O–H groups in total. The maximum atomic E-state index is 11.9. The number of nitrogens with zero attached hydrogens (tertiary/aromatic N) is 2. The van der Waals surface area contributed by atoms with Crippen molar-refractivity contribution in [2.75, 3.05) is 0 Å². The van der Waals surface area contributed by atoms with Crippen LogP contribution in [0.1, 0.15) is 45.6 Å². The molecule has 1 aromatic rings. The van der Waals surface area contributed by atoms with Gasteiger partial charge in [-0.3, -0.25) is 0 Å². The van der Waals surface area contributed by atoms with E-state index in [1.807, 2.05) is 27.7 Å². The summed E-state index contributed by atoms with van der Waals surface area (Å²) in [6.07, 6.45) is -1.13. The van der Waals surface area contributed by atoms with Crippen molar-refractivity contribution < 1.29 is 8.78 Å². The van der Waals surface area contributed by atoms with E-state index in [0.717, 1.165) is 0 Å². The van der Waals surface area contributed by atoms with Crippen LogP contribution in [-0.4, -0.2) is 9.55 Å². The first kappa shape index (κ1) is 15.5. The molecular formula is C10H20F2N2. The number of alkyl halides is 2. The van der Waals surface area contributed by atoms with Crippen LogP contribution in [0.5, 0.6) is 0 Å². The Hall–Kier alpha value is -0.930. The van der Waals surface area contributed by atoms with Crippen LogP contribution in [-0.2, 0) is 7.05 Å². The van der Waals surface area contributed by atoms with Gasteiger partial charge in [0.15, 0.2) is 0 Å². The average Bonchev–Trinajstić information content (AvgIpc) is 2.54. The van der Waals surface area contributed by atoms with Crippen molar-refractivity contribution in [3.63, 3.8) is 0 Å². The minimum absolute atomic E-state index is 0.153. The second kappa shape index (κ2) is 8.66. The molecule has 2 nitrogen and oxygen atoms in total. The molecule has 0 fully saturated rings. The van der Waals surface area contributed by atoms with E-state index in [4.69, 9.17) is 0 Å². The van der Waals surface area contributed by atoms with E-state index in [1.54, 1.807) is 18.5 Å². The topological polar surface area (TPSA) is 17.8 Å². The van der Waals surface area contributed by atoms with E-state index in [-0.39, 0.29) is 5.69 Å². The molecule has 0 aromatic carbocycles. The molecule has 1 heterocycles. The fourth-order valence-electron chi connectivity index (χ4n) is 0.692. The maximum Gasteiger partial charge on any atom is 0.281 e. The van der Waals surface area contributed by atoms with Gasteiger partial charge in [0.05, 0.1) is 0 Å². The minimum Gasteiger partial charge on any atom is -0.338 e. The first-order valence-corrected chi connectivity index (χ1v) is 4.89. The lowest BCUT2D eigenvalue weighted by Crippen LogP contribution is -1.86. The molecule has 4 heteroatoms. The maximum absolute atomic E-state index is 11.9. The predicted molar refractivity (Wildman–Crippen MR) is 55.6 cm³/mol. The lowest BCUT2D eigenvalue weighted by atomic mass is 10.5. The SMILES string of the molecule is CC.CC.Cc1nc(C(F)F)cn1C. The van der Waals surface area contributed by atoms with Crippen LogP contribution in [0.15, 0.2) is 6.20 Å². The molecule has 0 bridgehead atoms. The summed E-state index contributed by atoms with van der Waals surface area (Å²) in [4.78, 5) is 3.62. The van der Waals surface area contributed by atoms with Gasteiger partial charge in [0.25, 0.3) is 6.43 Å². The molecule has 0 saturated heterocycles. The van der Waals surface area contributed by atoms with Crippen LogP contribution < -0.4 is 0 Å². The summed E-state index contributed by atoms with van der Waals surface area (Å²) in [6, 6.07) is 0. The van der Waals surface area contributed by atoms with Crippen molar-refractivity contribution in [2.45, 2.75) is 41.0 Å². The van der Waals surface area contributed by atoms with Gasteiger partial charge in [0, 0.05) is 13.2 Å². The van der Waals surface area contributed by atoms with Crippen LogP contribution in [0.4, 0.5) is 8.78 Å². The normalized spacial score (nSPS) is 8.64. The number of rotatable bonds is 1. The highest BCUT2D eigenvalue weighted by Gasteiger charge is 2.10. The van der Waals surface area contributed by atoms with Crippen molar-refractivity contribution in [2.24, 2.45) is 7.05 Å². The van der Waals surface area contributed by atoms with Gasteiger partial charge in [-0.1, -0.05) is 27.7 Å². The second-order valence-electron chi connectivity index (χ2n) is 2.12. The first-order valence-electron chi connectivity index (χ1n) is 4.89. The zero-order chi connectivity index (χ0) is 11.7. The molecule has 0 atom stereocenters. The molecule has 0 aliphatic carbocycles. The van der Waals surface area contributed by atoms with Crippen LogP contribution in [0.25, 0.3) is 0 Å². The first-order chi connectivity index (χ1) is 6.61. The molecule has 0 saturated carbocycles. The smallest absolute Gasteiger partial charge is 0.281 e. The number of hydrogen-bond acceptors (Lipinski definition) is 1. The quantitative estimate of drug-likeness (QED) is 0.684. The van der Waals surface area contributed by atoms with E-state index in [2.05, 4.69) is 4.98 Å². The summed E-state index contributed by atoms with van der Waals surface area (Å²) in [6.45, 7) is 9.69. The van der Waals surface area contributed by atoms with E-state index in [1.165, 1.54) is 6.20 Å². The third kappa shape index (κ3) is 4.94. The van der Waals surface area contributed by atoms with Gasteiger partial charge in [-0.2, -0.15) is 0 Å². The van der Waals surface area contributed by atoms with E-state index >= 15 is 0 Å². The summed E-state index contributed by atoms with van der Waals surface area (Å²) >= 11 is 0. The summed E-state index contributed by atoms with van der Waals surface area (Å²) in [5, 5.41) is 0. The van der Waals surface area contributed by atoms with Crippen LogP contribution in [0.3, 0.4) is 0 Å². The molecule has 1 rings (SSSR count). The Morgan fingerprint density at radius 2 is 1.64 bits per heavy atom. The zero-order valence-corrected chi connectivity index (χ0v) is 9.81. The van der Waals surface area contributed by atoms with Gasteiger partial charge in [0.2, 0.25) is 0 Å². The minimum atomic E-state index is -2.46. The molecular weight excluding hydrogens is 186 g/mol. The Balaban J connectivity index is 0. The molecule has 84 valence electrons. The fourth-order valence-corrected chi connectivity index (χ4v) is 0.692. The van der Waals surface area contributed by atoms with Gasteiger partial charge in [-0.15, -0.1) is 0 Å². The third-order valence-corrected chi connectivity index (χ3v) is 1.35. The molecule has 0 aliphatic rings. The Morgan fingerprint density at radius 1 is 1.21 bits per heavy atom. The monoisotopic (exact) mass is 206 g/mol. The lowest BCUT2D eigenvalue weighted by Gasteiger charge is -1.88. The number of halogens is 2. The largest absolute Gasteiger partial charge is 0.338 e. The lowest BCUT2D eigenvalue weighted by molar-refractivity contribution is 0.146. The number of hydrogen-bond donors (Lipinski definition) is 0. The predicted octanol–water partition coefficient (Wildman–Crippen LogP) is 3.72. The Bertz CT molecular complexity index is 213. The highest BCUT2D eigenvalue weighted by atomic mass is 19.3. The molecule has 1 aromatic heterocycles. The molecule has 0 aliphatic heterocycles. The van der Waals surface area contributed by atoms with Crippen molar-refractivity contribution in [3.8, 4) is 0 Å². The summed E-state index contributed by atoms with van der Waals surface area (Å²) < 4.78 is 25.3. The standard InChI is InChI=1S/C6H8F2N2.2C2H6/c1-4-9-5(6(7)8)3-10(4)2;2*1-2/h3,6H,1-2H3;2*1-2H3. The summed E-state index contributed by atoms with van der Waals surface area (Å²) in [5.74, 6) is 0.607. The van der Waals surface area contributed by atoms with E-state index < -0.39 is 6.43 Å². The van der Waals surface area contributed by atoms with Gasteiger partial charge in [-0.05, 0) is 6.92 Å². The number of aryl methyl sites for hydroxylation is 2. The van der Waals surface area contributed by atoms with Gasteiger partial charge in [0.1, 0.15) is 11.5 Å². The van der Waals surface area contributed by atoms with Crippen molar-refractivity contribution in [3.05, 3.63) is 17.7 Å². The average molecular weight is 206 g/mol. The zero-order valence-electron chi connectivity index (χ0n) is 9.81. The third-order valence-electron chi connectivity index (χ3n) is 1.35. The molecule has 0 spiro atoms. The summed E-state index contributed by atoms with van der Waals surface area (Å²) in [5.41, 5.74) is -0.153. The molecule has 0 amide bonds. The van der Waals surface area contributed by atoms with Crippen molar-refractivity contribution >= 4 is 0 Å². The highest BCUT2D eigenvalue weighted by Crippen LogP contribution is 2.16. The van der Waals surface area contributed by atoms with Crippen molar-refractivity contribution in [1.82, 2.24) is 9.55 Å². The van der Waals surface area contributed by atoms with Gasteiger partial charge >= 0.3 is 0 Å². The van der Waals surface area contributed by atoms with Crippen molar-refractivity contribution in [1.29, 1.82) is 0 Å². The molecule has 0 radical (unpaired) electrons. The Morgan fingerprint density at radius 3 is 1.79 bits per heavy atom. The van der Waals surface area contributed by atoms with Gasteiger partial charge < -0.3 is 4.57 Å². The summed E-state index contributed by atoms with van der Waals surface area (Å²) in [7, 11) is 1.69. The highest BCUT2D eigenvalue weighted by molar-refractivity contribution is 5.03. The Kier molecular flexibility index (Phi) is 9.61. The van der Waals surface area contributed by atoms with Crippen LogP contribution in [0.2, 0.25) is 0 Å². The Labute approximate surface area is 85.0 Å². The van der Waals surface area contributed by atoms with Gasteiger partial charge in [-0.25, -0.2) is 13.8 Å². The molecule has 14 heavy (non-hydrogen) atoms. The van der Waals surface area contributed by atoms with Crippen LogP contribution in [0, 0.1) is 6.92 Å². The number of aromatic nitrogens is 2.